The Labute approximate surface area is 233 Å². The fraction of sp³-hybridized carbons (Fsp3) is 0.118. The third kappa shape index (κ3) is 6.30. The van der Waals surface area contributed by atoms with Crippen LogP contribution in [0, 0.1) is 0 Å². The number of aromatic nitrogens is 6. The van der Waals surface area contributed by atoms with E-state index in [9.17, 15) is 0 Å². The number of hydrogen-bond acceptors (Lipinski definition) is 6. The van der Waals surface area contributed by atoms with Crippen molar-refractivity contribution in [1.29, 1.82) is 0 Å². The molecule has 194 valence electrons. The zero-order valence-electron chi connectivity index (χ0n) is 22.1. The highest BCUT2D eigenvalue weighted by Crippen LogP contribution is 2.19. The lowest BCUT2D eigenvalue weighted by Gasteiger charge is -2.07. The van der Waals surface area contributed by atoms with Crippen LogP contribution in [-0.4, -0.2) is 29.9 Å². The predicted molar refractivity (Wildman–Crippen MR) is 157 cm³/mol. The summed E-state index contributed by atoms with van der Waals surface area (Å²) in [7, 11) is 0. The quantitative estimate of drug-likeness (QED) is 0.213. The summed E-state index contributed by atoms with van der Waals surface area (Å²) in [4.78, 5) is 27.7. The monoisotopic (exact) mass is 520 g/mol. The Morgan fingerprint density at radius 1 is 0.350 bits per heavy atom. The molecule has 6 aromatic heterocycles. The summed E-state index contributed by atoms with van der Waals surface area (Å²) in [6, 6.07) is 32.3. The van der Waals surface area contributed by atoms with Gasteiger partial charge in [0.2, 0.25) is 0 Å². The first-order chi connectivity index (χ1) is 19.8. The molecule has 0 aliphatic rings. The van der Waals surface area contributed by atoms with Crippen LogP contribution in [0.4, 0.5) is 0 Å². The third-order valence-corrected chi connectivity index (χ3v) is 6.72. The lowest BCUT2D eigenvalue weighted by Crippen LogP contribution is -1.98. The molecule has 0 amide bonds. The summed E-state index contributed by atoms with van der Waals surface area (Å²) in [5.74, 6) is 0. The number of pyridine rings is 6. The summed E-state index contributed by atoms with van der Waals surface area (Å²) >= 11 is 0. The summed E-state index contributed by atoms with van der Waals surface area (Å²) < 4.78 is 0. The Balaban J connectivity index is 1.04. The molecule has 0 saturated carbocycles. The second-order valence-electron chi connectivity index (χ2n) is 9.56. The van der Waals surface area contributed by atoms with E-state index in [2.05, 4.69) is 44.2 Å². The van der Waals surface area contributed by atoms with Crippen LogP contribution in [0.15, 0.2) is 122 Å². The molecule has 0 aromatic carbocycles. The van der Waals surface area contributed by atoms with Gasteiger partial charge >= 0.3 is 0 Å². The van der Waals surface area contributed by atoms with Gasteiger partial charge in [-0.25, -0.2) is 0 Å². The normalized spacial score (nSPS) is 10.9. The van der Waals surface area contributed by atoms with Gasteiger partial charge in [-0.15, -0.1) is 0 Å². The molecule has 40 heavy (non-hydrogen) atoms. The largest absolute Gasteiger partial charge is 0.255 e. The summed E-state index contributed by atoms with van der Waals surface area (Å²) in [6.45, 7) is 0. The van der Waals surface area contributed by atoms with Crippen molar-refractivity contribution in [2.24, 2.45) is 0 Å². The first kappa shape index (κ1) is 25.2. The lowest BCUT2D eigenvalue weighted by atomic mass is 10.1. The van der Waals surface area contributed by atoms with Gasteiger partial charge < -0.3 is 0 Å². The zero-order chi connectivity index (χ0) is 27.0. The van der Waals surface area contributed by atoms with Crippen molar-refractivity contribution in [3.8, 4) is 34.2 Å². The summed E-state index contributed by atoms with van der Waals surface area (Å²) in [5, 5.41) is 0. The average Bonchev–Trinajstić information content (AvgIpc) is 3.04. The first-order valence-corrected chi connectivity index (χ1v) is 13.4. The molecule has 6 aromatic rings. The van der Waals surface area contributed by atoms with E-state index in [0.29, 0.717) is 0 Å². The van der Waals surface area contributed by atoms with Crippen LogP contribution in [0.2, 0.25) is 0 Å². The Hall–Kier alpha value is -5.10. The van der Waals surface area contributed by atoms with Crippen molar-refractivity contribution in [2.75, 3.05) is 0 Å². The van der Waals surface area contributed by atoms with E-state index in [1.807, 2.05) is 85.2 Å². The van der Waals surface area contributed by atoms with E-state index in [1.54, 1.807) is 12.4 Å². The van der Waals surface area contributed by atoms with Gasteiger partial charge in [-0.1, -0.05) is 36.4 Å². The topological polar surface area (TPSA) is 77.3 Å². The van der Waals surface area contributed by atoms with Gasteiger partial charge in [0.1, 0.15) is 0 Å². The maximum Gasteiger partial charge on any atom is 0.0889 e. The first-order valence-electron chi connectivity index (χ1n) is 13.4. The minimum absolute atomic E-state index is 0.842. The minimum atomic E-state index is 0.842. The van der Waals surface area contributed by atoms with E-state index in [-0.39, 0.29) is 0 Å². The number of hydrogen-bond donors (Lipinski definition) is 0. The molecule has 0 N–H and O–H groups in total. The predicted octanol–water partition coefficient (Wildman–Crippen LogP) is 6.63. The van der Waals surface area contributed by atoms with E-state index >= 15 is 0 Å². The van der Waals surface area contributed by atoms with Crippen LogP contribution in [0.3, 0.4) is 0 Å². The van der Waals surface area contributed by atoms with Gasteiger partial charge in [-0.05, 0) is 97.5 Å². The van der Waals surface area contributed by atoms with Gasteiger partial charge in [-0.3, -0.25) is 29.9 Å². The highest BCUT2D eigenvalue weighted by atomic mass is 14.8. The van der Waals surface area contributed by atoms with Gasteiger partial charge in [0, 0.05) is 36.2 Å². The zero-order valence-corrected chi connectivity index (χ0v) is 22.1. The van der Waals surface area contributed by atoms with Gasteiger partial charge in [0.05, 0.1) is 34.2 Å². The third-order valence-electron chi connectivity index (χ3n) is 6.72. The molecular weight excluding hydrogens is 492 g/mol. The van der Waals surface area contributed by atoms with Crippen LogP contribution in [0.1, 0.15) is 22.5 Å². The Morgan fingerprint density at radius 3 is 1.20 bits per heavy atom. The SMILES string of the molecule is c1ccc(-c2cccc(CCc3ccc(-c4ccc(CCc5cccc(-c6ccccn6)n5)cn4)nc3)n2)nc1. The molecular formula is C34H28N6. The smallest absolute Gasteiger partial charge is 0.0889 e. The highest BCUT2D eigenvalue weighted by molar-refractivity contribution is 5.55. The van der Waals surface area contributed by atoms with Crippen LogP contribution >= 0.6 is 0 Å². The fourth-order valence-corrected chi connectivity index (χ4v) is 4.54. The van der Waals surface area contributed by atoms with Crippen LogP contribution in [0.5, 0.6) is 0 Å². The molecule has 0 atom stereocenters. The highest BCUT2D eigenvalue weighted by Gasteiger charge is 2.07. The molecule has 6 rings (SSSR count). The number of aryl methyl sites for hydroxylation is 4. The maximum absolute atomic E-state index is 4.78. The van der Waals surface area contributed by atoms with E-state index in [4.69, 9.17) is 9.97 Å². The fourth-order valence-electron chi connectivity index (χ4n) is 4.54. The second-order valence-corrected chi connectivity index (χ2v) is 9.56. The van der Waals surface area contributed by atoms with Crippen LogP contribution in [-0.2, 0) is 25.7 Å². The van der Waals surface area contributed by atoms with Crippen molar-refractivity contribution in [3.63, 3.8) is 0 Å². The molecule has 6 heteroatoms. The van der Waals surface area contributed by atoms with Crippen molar-refractivity contribution >= 4 is 0 Å². The molecule has 0 aliphatic heterocycles. The van der Waals surface area contributed by atoms with Gasteiger partial charge in [-0.2, -0.15) is 0 Å². The van der Waals surface area contributed by atoms with Gasteiger partial charge in [0.25, 0.3) is 0 Å². The Bertz CT molecular complexity index is 1540. The van der Waals surface area contributed by atoms with Crippen LogP contribution < -0.4 is 0 Å². The molecule has 0 saturated heterocycles. The van der Waals surface area contributed by atoms with Crippen molar-refractivity contribution in [3.05, 3.63) is 144 Å². The van der Waals surface area contributed by atoms with Gasteiger partial charge in [0.15, 0.2) is 0 Å². The molecule has 0 radical (unpaired) electrons. The number of nitrogens with zero attached hydrogens (tertiary/aromatic N) is 6. The average molecular weight is 521 g/mol. The van der Waals surface area contributed by atoms with E-state index in [1.165, 1.54) is 11.1 Å². The number of rotatable bonds is 9. The van der Waals surface area contributed by atoms with Crippen molar-refractivity contribution in [1.82, 2.24) is 29.9 Å². The molecule has 6 nitrogen and oxygen atoms in total. The molecule has 6 heterocycles. The second kappa shape index (κ2) is 12.2. The Kier molecular flexibility index (Phi) is 7.67. The lowest BCUT2D eigenvalue weighted by molar-refractivity contribution is 0.905. The standard InChI is InChI=1S/C34H28N6/c1-3-21-35-29(9-1)33-11-5-7-27(39-33)17-13-25-15-19-31(37-23-25)32-20-16-26(24-38-32)14-18-28-8-6-12-34(40-28)30-10-2-4-22-36-30/h1-12,15-16,19-24H,13-14,17-18H2. The maximum atomic E-state index is 4.78. The van der Waals surface area contributed by atoms with Crippen molar-refractivity contribution in [2.45, 2.75) is 25.7 Å². The molecule has 0 unspecified atom stereocenters. The Morgan fingerprint density at radius 2 is 0.800 bits per heavy atom. The molecule has 0 bridgehead atoms. The molecule has 0 aliphatic carbocycles. The summed E-state index contributed by atoms with van der Waals surface area (Å²) in [6.07, 6.45) is 10.9. The van der Waals surface area contributed by atoms with Crippen LogP contribution in [0.25, 0.3) is 34.2 Å². The summed E-state index contributed by atoms with van der Waals surface area (Å²) in [5.41, 5.74) is 9.75. The molecule has 0 spiro atoms. The van der Waals surface area contributed by atoms with E-state index < -0.39 is 0 Å². The molecule has 0 fully saturated rings. The van der Waals surface area contributed by atoms with E-state index in [0.717, 1.165) is 71.2 Å². The minimum Gasteiger partial charge on any atom is -0.255 e. The van der Waals surface area contributed by atoms with Crippen molar-refractivity contribution < 1.29 is 0 Å².